The van der Waals surface area contributed by atoms with Crippen molar-refractivity contribution >= 4 is 11.6 Å². The van der Waals surface area contributed by atoms with Gasteiger partial charge in [-0.2, -0.15) is 0 Å². The summed E-state index contributed by atoms with van der Waals surface area (Å²) in [5.74, 6) is 2.06. The number of hydrogen-bond acceptors (Lipinski definition) is 3. The van der Waals surface area contributed by atoms with E-state index in [1.807, 2.05) is 36.2 Å². The molecule has 0 spiro atoms. The van der Waals surface area contributed by atoms with Crippen molar-refractivity contribution in [3.8, 4) is 5.75 Å². The minimum atomic E-state index is -0.208. The van der Waals surface area contributed by atoms with Crippen molar-refractivity contribution in [2.75, 3.05) is 45.2 Å². The fourth-order valence-corrected chi connectivity index (χ4v) is 3.76. The van der Waals surface area contributed by atoms with Crippen LogP contribution in [0.1, 0.15) is 18.9 Å². The Morgan fingerprint density at radius 3 is 2.86 bits per heavy atom. The number of rotatable bonds is 7. The molecule has 5 nitrogen and oxygen atoms in total. The Morgan fingerprint density at radius 1 is 1.28 bits per heavy atom. The van der Waals surface area contributed by atoms with Crippen LogP contribution >= 0.6 is 0 Å². The molecule has 1 aliphatic heterocycles. The van der Waals surface area contributed by atoms with Gasteiger partial charge in [0.15, 0.2) is 5.96 Å². The first-order valence-electron chi connectivity index (χ1n) is 10.2. The minimum absolute atomic E-state index is 0.208. The maximum atomic E-state index is 13.5. The lowest BCUT2D eigenvalue weighted by molar-refractivity contribution is 0.414. The lowest BCUT2D eigenvalue weighted by Gasteiger charge is -2.23. The second-order valence-electron chi connectivity index (χ2n) is 7.45. The lowest BCUT2D eigenvalue weighted by Crippen LogP contribution is -2.39. The standard InChI is InChI=1S/C23H31FN4O/c1-4-25-23(27(2)16-18-8-7-9-20(24)14-18)26-15-19-12-13-28(17-19)21-10-5-6-11-22(21)29-3/h5-11,14,19H,4,12-13,15-17H2,1-3H3,(H,25,26). The number of nitrogens with zero attached hydrogens (tertiary/aromatic N) is 3. The normalized spacial score (nSPS) is 16.8. The third kappa shape index (κ3) is 5.62. The molecule has 0 aromatic heterocycles. The van der Waals surface area contributed by atoms with E-state index in [-0.39, 0.29) is 5.82 Å². The molecule has 156 valence electrons. The highest BCUT2D eigenvalue weighted by Gasteiger charge is 2.24. The maximum absolute atomic E-state index is 13.5. The Labute approximate surface area is 173 Å². The predicted octanol–water partition coefficient (Wildman–Crippen LogP) is 3.76. The molecule has 2 aromatic rings. The van der Waals surface area contributed by atoms with Crippen molar-refractivity contribution in [3.05, 3.63) is 59.9 Å². The summed E-state index contributed by atoms with van der Waals surface area (Å²) in [6.07, 6.45) is 1.11. The molecule has 29 heavy (non-hydrogen) atoms. The van der Waals surface area contributed by atoms with Crippen LogP contribution in [0.5, 0.6) is 5.75 Å². The summed E-state index contributed by atoms with van der Waals surface area (Å²) < 4.78 is 19.0. The van der Waals surface area contributed by atoms with Crippen LogP contribution in [0.2, 0.25) is 0 Å². The zero-order valence-electron chi connectivity index (χ0n) is 17.6. The van der Waals surface area contributed by atoms with Gasteiger partial charge in [0.05, 0.1) is 12.8 Å². The van der Waals surface area contributed by atoms with E-state index in [4.69, 9.17) is 9.73 Å². The Balaban J connectivity index is 1.61. The Kier molecular flexibility index (Phi) is 7.33. The average Bonchev–Trinajstić information content (AvgIpc) is 3.20. The van der Waals surface area contributed by atoms with Crippen LogP contribution in [0.4, 0.5) is 10.1 Å². The van der Waals surface area contributed by atoms with Crippen LogP contribution in [0.3, 0.4) is 0 Å². The van der Waals surface area contributed by atoms with E-state index in [1.54, 1.807) is 19.2 Å². The molecular weight excluding hydrogens is 367 g/mol. The van der Waals surface area contributed by atoms with Gasteiger partial charge in [-0.25, -0.2) is 4.39 Å². The van der Waals surface area contributed by atoms with E-state index >= 15 is 0 Å². The van der Waals surface area contributed by atoms with Crippen molar-refractivity contribution in [1.29, 1.82) is 0 Å². The molecule has 1 saturated heterocycles. The van der Waals surface area contributed by atoms with Gasteiger partial charge in [-0.1, -0.05) is 24.3 Å². The predicted molar refractivity (Wildman–Crippen MR) is 117 cm³/mol. The summed E-state index contributed by atoms with van der Waals surface area (Å²) in [6, 6.07) is 14.9. The zero-order chi connectivity index (χ0) is 20.6. The molecule has 6 heteroatoms. The van der Waals surface area contributed by atoms with E-state index < -0.39 is 0 Å². The molecule has 0 aliphatic carbocycles. The Hall–Kier alpha value is -2.76. The molecule has 0 saturated carbocycles. The fourth-order valence-electron chi connectivity index (χ4n) is 3.76. The van der Waals surface area contributed by atoms with Crippen molar-refractivity contribution in [2.24, 2.45) is 10.9 Å². The van der Waals surface area contributed by atoms with E-state index in [0.29, 0.717) is 12.5 Å². The SMILES string of the molecule is CCNC(=NCC1CCN(c2ccccc2OC)C1)N(C)Cc1cccc(F)c1. The third-order valence-corrected chi connectivity index (χ3v) is 5.22. The maximum Gasteiger partial charge on any atom is 0.193 e. The topological polar surface area (TPSA) is 40.1 Å². The number of ether oxygens (including phenoxy) is 1. The van der Waals surface area contributed by atoms with Crippen molar-refractivity contribution in [3.63, 3.8) is 0 Å². The highest BCUT2D eigenvalue weighted by Crippen LogP contribution is 2.32. The molecule has 1 heterocycles. The molecule has 0 radical (unpaired) electrons. The van der Waals surface area contributed by atoms with E-state index in [9.17, 15) is 4.39 Å². The minimum Gasteiger partial charge on any atom is -0.495 e. The molecule has 0 bridgehead atoms. The fraction of sp³-hybridized carbons (Fsp3) is 0.435. The summed E-state index contributed by atoms with van der Waals surface area (Å²) in [4.78, 5) is 9.29. The monoisotopic (exact) mass is 398 g/mol. The summed E-state index contributed by atoms with van der Waals surface area (Å²) in [5, 5.41) is 3.35. The molecule has 1 unspecified atom stereocenters. The highest BCUT2D eigenvalue weighted by atomic mass is 19.1. The molecule has 3 rings (SSSR count). The number of anilines is 1. The van der Waals surface area contributed by atoms with Gasteiger partial charge < -0.3 is 19.9 Å². The van der Waals surface area contributed by atoms with Gasteiger partial charge in [0, 0.05) is 39.8 Å². The number of methoxy groups -OCH3 is 1. The third-order valence-electron chi connectivity index (χ3n) is 5.22. The Morgan fingerprint density at radius 2 is 2.10 bits per heavy atom. The number of nitrogens with one attached hydrogen (secondary N) is 1. The molecule has 1 fully saturated rings. The van der Waals surface area contributed by atoms with Gasteiger partial charge in [0.1, 0.15) is 11.6 Å². The highest BCUT2D eigenvalue weighted by molar-refractivity contribution is 5.79. The van der Waals surface area contributed by atoms with Gasteiger partial charge >= 0.3 is 0 Å². The molecule has 1 N–H and O–H groups in total. The van der Waals surface area contributed by atoms with Gasteiger partial charge in [-0.15, -0.1) is 0 Å². The van der Waals surface area contributed by atoms with E-state index in [2.05, 4.69) is 23.2 Å². The van der Waals surface area contributed by atoms with Gasteiger partial charge in [-0.3, -0.25) is 4.99 Å². The van der Waals surface area contributed by atoms with Crippen molar-refractivity contribution < 1.29 is 9.13 Å². The zero-order valence-corrected chi connectivity index (χ0v) is 17.6. The van der Waals surface area contributed by atoms with Crippen LogP contribution < -0.4 is 15.0 Å². The largest absolute Gasteiger partial charge is 0.495 e. The summed E-state index contributed by atoms with van der Waals surface area (Å²) in [5.41, 5.74) is 2.08. The second kappa shape index (κ2) is 10.1. The molecule has 0 amide bonds. The molecular formula is C23H31FN4O. The number of hydrogen-bond donors (Lipinski definition) is 1. The number of aliphatic imine (C=N–C) groups is 1. The van der Waals surface area contributed by atoms with Gasteiger partial charge in [0.25, 0.3) is 0 Å². The van der Waals surface area contributed by atoms with Crippen molar-refractivity contribution in [2.45, 2.75) is 19.9 Å². The van der Waals surface area contributed by atoms with Crippen molar-refractivity contribution in [1.82, 2.24) is 10.2 Å². The van der Waals surface area contributed by atoms with Crippen LogP contribution in [-0.2, 0) is 6.54 Å². The summed E-state index contributed by atoms with van der Waals surface area (Å²) in [6.45, 7) is 6.21. The van der Waals surface area contributed by atoms with Crippen LogP contribution in [0.15, 0.2) is 53.5 Å². The van der Waals surface area contributed by atoms with Crippen LogP contribution in [0, 0.1) is 11.7 Å². The average molecular weight is 399 g/mol. The first-order chi connectivity index (χ1) is 14.1. The number of halogens is 1. The summed E-state index contributed by atoms with van der Waals surface area (Å²) >= 11 is 0. The number of benzene rings is 2. The number of para-hydroxylation sites is 2. The first-order valence-corrected chi connectivity index (χ1v) is 10.2. The Bertz CT molecular complexity index is 826. The smallest absolute Gasteiger partial charge is 0.193 e. The van der Waals surface area contributed by atoms with E-state index in [1.165, 1.54) is 6.07 Å². The number of guanidine groups is 1. The van der Waals surface area contributed by atoms with Crippen LogP contribution in [-0.4, -0.2) is 51.2 Å². The summed E-state index contributed by atoms with van der Waals surface area (Å²) in [7, 11) is 3.70. The second-order valence-corrected chi connectivity index (χ2v) is 7.45. The van der Waals surface area contributed by atoms with E-state index in [0.717, 1.165) is 55.6 Å². The van der Waals surface area contributed by atoms with Crippen LogP contribution in [0.25, 0.3) is 0 Å². The molecule has 1 aliphatic rings. The quantitative estimate of drug-likeness (QED) is 0.570. The molecule has 2 aromatic carbocycles. The molecule has 1 atom stereocenters. The van der Waals surface area contributed by atoms with Gasteiger partial charge in [-0.05, 0) is 49.1 Å². The first kappa shape index (κ1) is 21.0. The lowest BCUT2D eigenvalue weighted by atomic mass is 10.1. The van der Waals surface area contributed by atoms with Gasteiger partial charge in [0.2, 0.25) is 0 Å².